The number of para-hydroxylation sites is 2. The summed E-state index contributed by atoms with van der Waals surface area (Å²) in [6, 6.07) is 7.90. The summed E-state index contributed by atoms with van der Waals surface area (Å²) in [6.07, 6.45) is 7.33. The maximum absolute atomic E-state index is 13.2. The number of aliphatic hydroxyl groups is 1. The molecule has 0 saturated carbocycles. The first kappa shape index (κ1) is 19.7. The highest BCUT2D eigenvalue weighted by Gasteiger charge is 2.34. The standard InChI is InChI=1S/C23H26N6O2/c1-15(2)23-26-18-5-3-4-6-19(18)29(23)14-22(31)28-11-16(20(30)13-28)9-17-12-27-8-7-24-21(27)10-25-17/h3-8,10,12,15-16,20,30H,9,11,13-14H2,1-2H3/t16-,20+/m0/s1. The molecule has 1 saturated heterocycles. The predicted molar refractivity (Wildman–Crippen MR) is 117 cm³/mol. The maximum atomic E-state index is 13.2. The van der Waals surface area contributed by atoms with Crippen LogP contribution in [0.3, 0.4) is 0 Å². The van der Waals surface area contributed by atoms with E-state index in [1.54, 1.807) is 17.3 Å². The lowest BCUT2D eigenvalue weighted by Crippen LogP contribution is -2.33. The quantitative estimate of drug-likeness (QED) is 0.537. The van der Waals surface area contributed by atoms with Gasteiger partial charge in [0, 0.05) is 43.5 Å². The zero-order valence-corrected chi connectivity index (χ0v) is 17.7. The first-order chi connectivity index (χ1) is 15.0. The van der Waals surface area contributed by atoms with Crippen LogP contribution in [0.2, 0.25) is 0 Å². The fourth-order valence-corrected chi connectivity index (χ4v) is 4.44. The number of aliphatic hydroxyl groups excluding tert-OH is 1. The van der Waals surface area contributed by atoms with Crippen molar-refractivity contribution in [2.75, 3.05) is 13.1 Å². The van der Waals surface area contributed by atoms with Crippen LogP contribution in [0.15, 0.2) is 49.1 Å². The Morgan fingerprint density at radius 1 is 1.23 bits per heavy atom. The van der Waals surface area contributed by atoms with Crippen molar-refractivity contribution in [2.45, 2.75) is 38.8 Å². The minimum absolute atomic E-state index is 0.00428. The number of benzene rings is 1. The maximum Gasteiger partial charge on any atom is 0.242 e. The molecule has 31 heavy (non-hydrogen) atoms. The van der Waals surface area contributed by atoms with Gasteiger partial charge in [-0.15, -0.1) is 0 Å². The highest BCUT2D eigenvalue weighted by atomic mass is 16.3. The van der Waals surface area contributed by atoms with Gasteiger partial charge < -0.3 is 19.0 Å². The van der Waals surface area contributed by atoms with Gasteiger partial charge >= 0.3 is 0 Å². The fourth-order valence-electron chi connectivity index (χ4n) is 4.44. The van der Waals surface area contributed by atoms with Crippen LogP contribution in [0.25, 0.3) is 16.7 Å². The zero-order valence-electron chi connectivity index (χ0n) is 17.7. The highest BCUT2D eigenvalue weighted by Crippen LogP contribution is 2.24. The second-order valence-corrected chi connectivity index (χ2v) is 8.60. The molecule has 4 aromatic rings. The fraction of sp³-hybridized carbons (Fsp3) is 0.391. The molecule has 1 aliphatic heterocycles. The molecule has 8 heteroatoms. The molecule has 2 atom stereocenters. The number of hydrogen-bond donors (Lipinski definition) is 1. The number of imidazole rings is 2. The van der Waals surface area contributed by atoms with Crippen molar-refractivity contribution in [2.24, 2.45) is 5.92 Å². The summed E-state index contributed by atoms with van der Waals surface area (Å²) in [5.41, 5.74) is 3.54. The third-order valence-corrected chi connectivity index (χ3v) is 6.06. The van der Waals surface area contributed by atoms with Gasteiger partial charge in [0.15, 0.2) is 5.65 Å². The number of carbonyl (C=O) groups excluding carboxylic acids is 1. The summed E-state index contributed by atoms with van der Waals surface area (Å²) in [4.78, 5) is 28.3. The van der Waals surface area contributed by atoms with E-state index in [0.29, 0.717) is 19.5 Å². The number of amides is 1. The molecule has 5 rings (SSSR count). The molecule has 0 unspecified atom stereocenters. The average molecular weight is 419 g/mol. The molecule has 8 nitrogen and oxygen atoms in total. The minimum atomic E-state index is -0.562. The molecule has 1 aliphatic rings. The second-order valence-electron chi connectivity index (χ2n) is 8.60. The lowest BCUT2D eigenvalue weighted by molar-refractivity contribution is -0.131. The Labute approximate surface area is 180 Å². The third kappa shape index (κ3) is 3.67. The molecule has 0 spiro atoms. The van der Waals surface area contributed by atoms with E-state index in [-0.39, 0.29) is 24.3 Å². The number of rotatable bonds is 5. The van der Waals surface area contributed by atoms with Gasteiger partial charge in [-0.2, -0.15) is 0 Å². The molecule has 4 heterocycles. The van der Waals surface area contributed by atoms with Gasteiger partial charge in [0.05, 0.1) is 29.0 Å². The minimum Gasteiger partial charge on any atom is -0.391 e. The Balaban J connectivity index is 1.32. The smallest absolute Gasteiger partial charge is 0.242 e. The number of carbonyl (C=O) groups is 1. The van der Waals surface area contributed by atoms with Gasteiger partial charge in [0.2, 0.25) is 5.91 Å². The monoisotopic (exact) mass is 418 g/mol. The topological polar surface area (TPSA) is 88.6 Å². The number of likely N-dealkylation sites (tertiary alicyclic amines) is 1. The SMILES string of the molecule is CC(C)c1nc2ccccc2n1CC(=O)N1C[C@H](Cc2cn3ccnc3cn2)[C@H](O)C1. The van der Waals surface area contributed by atoms with Crippen LogP contribution in [0.4, 0.5) is 0 Å². The number of β-amino-alcohol motifs (C(OH)–C–C–N with tert-alkyl or cyclic N) is 1. The van der Waals surface area contributed by atoms with E-state index in [0.717, 1.165) is 28.2 Å². The van der Waals surface area contributed by atoms with E-state index in [9.17, 15) is 9.90 Å². The summed E-state index contributed by atoms with van der Waals surface area (Å²) < 4.78 is 3.93. The van der Waals surface area contributed by atoms with Crippen molar-refractivity contribution in [1.82, 2.24) is 28.8 Å². The van der Waals surface area contributed by atoms with E-state index in [1.807, 2.05) is 45.6 Å². The van der Waals surface area contributed by atoms with Crippen LogP contribution in [-0.2, 0) is 17.8 Å². The Morgan fingerprint density at radius 2 is 2.06 bits per heavy atom. The molecule has 3 aromatic heterocycles. The first-order valence-corrected chi connectivity index (χ1v) is 10.7. The van der Waals surface area contributed by atoms with Crippen molar-refractivity contribution in [3.05, 3.63) is 60.6 Å². The van der Waals surface area contributed by atoms with E-state index in [4.69, 9.17) is 4.98 Å². The molecule has 1 fully saturated rings. The third-order valence-electron chi connectivity index (χ3n) is 6.06. The summed E-state index contributed by atoms with van der Waals surface area (Å²) >= 11 is 0. The van der Waals surface area contributed by atoms with Crippen LogP contribution in [0.1, 0.15) is 31.3 Å². The van der Waals surface area contributed by atoms with E-state index < -0.39 is 6.10 Å². The molecule has 160 valence electrons. The summed E-state index contributed by atoms with van der Waals surface area (Å²) in [7, 11) is 0. The zero-order chi connectivity index (χ0) is 21.5. The van der Waals surface area contributed by atoms with Gasteiger partial charge in [-0.05, 0) is 18.6 Å². The molecule has 0 aliphatic carbocycles. The van der Waals surface area contributed by atoms with Gasteiger partial charge in [-0.25, -0.2) is 9.97 Å². The van der Waals surface area contributed by atoms with Crippen LogP contribution >= 0.6 is 0 Å². The first-order valence-electron chi connectivity index (χ1n) is 10.7. The molecular weight excluding hydrogens is 392 g/mol. The highest BCUT2D eigenvalue weighted by molar-refractivity contribution is 5.81. The van der Waals surface area contributed by atoms with Crippen molar-refractivity contribution < 1.29 is 9.90 Å². The van der Waals surface area contributed by atoms with Crippen molar-refractivity contribution in [3.8, 4) is 0 Å². The van der Waals surface area contributed by atoms with Crippen molar-refractivity contribution >= 4 is 22.6 Å². The molecule has 1 N–H and O–H groups in total. The Hall–Kier alpha value is -3.26. The van der Waals surface area contributed by atoms with Crippen molar-refractivity contribution in [1.29, 1.82) is 0 Å². The van der Waals surface area contributed by atoms with Crippen LogP contribution in [-0.4, -0.2) is 59.0 Å². The molecule has 0 radical (unpaired) electrons. The Kier molecular flexibility index (Phi) is 4.94. The number of aromatic nitrogens is 5. The van der Waals surface area contributed by atoms with Crippen molar-refractivity contribution in [3.63, 3.8) is 0 Å². The summed E-state index contributed by atoms with van der Waals surface area (Å²) in [5.74, 6) is 1.08. The van der Waals surface area contributed by atoms with E-state index in [2.05, 4.69) is 23.8 Å². The number of fused-ring (bicyclic) bond motifs is 2. The molecule has 1 amide bonds. The number of nitrogens with zero attached hydrogens (tertiary/aromatic N) is 6. The summed E-state index contributed by atoms with van der Waals surface area (Å²) in [6.45, 7) is 5.27. The van der Waals surface area contributed by atoms with Crippen LogP contribution < -0.4 is 0 Å². The van der Waals surface area contributed by atoms with E-state index in [1.165, 1.54) is 0 Å². The molecule has 1 aromatic carbocycles. The molecular formula is C23H26N6O2. The van der Waals surface area contributed by atoms with Gasteiger partial charge in [0.25, 0.3) is 0 Å². The second kappa shape index (κ2) is 7.77. The largest absolute Gasteiger partial charge is 0.391 e. The van der Waals surface area contributed by atoms with Gasteiger partial charge in [0.1, 0.15) is 12.4 Å². The summed E-state index contributed by atoms with van der Waals surface area (Å²) in [5, 5.41) is 10.6. The van der Waals surface area contributed by atoms with Crippen LogP contribution in [0, 0.1) is 5.92 Å². The lowest BCUT2D eigenvalue weighted by Gasteiger charge is -2.18. The molecule has 0 bridgehead atoms. The normalized spacial score (nSPS) is 19.2. The number of hydrogen-bond acceptors (Lipinski definition) is 5. The average Bonchev–Trinajstić information content (AvgIpc) is 3.46. The predicted octanol–water partition coefficient (Wildman–Crippen LogP) is 2.26. The van der Waals surface area contributed by atoms with Crippen LogP contribution in [0.5, 0.6) is 0 Å². The van der Waals surface area contributed by atoms with E-state index >= 15 is 0 Å². The van der Waals surface area contributed by atoms with Gasteiger partial charge in [-0.3, -0.25) is 9.78 Å². The lowest BCUT2D eigenvalue weighted by atomic mass is 10.0. The Bertz CT molecular complexity index is 1240. The Morgan fingerprint density at radius 3 is 2.90 bits per heavy atom. The van der Waals surface area contributed by atoms with Gasteiger partial charge in [-0.1, -0.05) is 26.0 Å².